The number of hydrogen-bond donors (Lipinski definition) is 1. The van der Waals surface area contributed by atoms with Gasteiger partial charge in [-0.1, -0.05) is 44.2 Å². The minimum Gasteiger partial charge on any atom is -0.395 e. The monoisotopic (exact) mass is 261 g/mol. The lowest BCUT2D eigenvalue weighted by atomic mass is 9.82. The summed E-state index contributed by atoms with van der Waals surface area (Å²) in [6, 6.07) is 10.4. The lowest BCUT2D eigenvalue weighted by Gasteiger charge is -2.34. The zero-order valence-electron chi connectivity index (χ0n) is 12.3. The van der Waals surface area contributed by atoms with E-state index in [1.165, 1.54) is 31.4 Å². The maximum Gasteiger partial charge on any atom is 0.0537 e. The molecule has 1 atom stereocenters. The average molecular weight is 261 g/mol. The van der Waals surface area contributed by atoms with Crippen LogP contribution in [0.25, 0.3) is 0 Å². The lowest BCUT2D eigenvalue weighted by Crippen LogP contribution is -2.42. The number of hydrogen-bond acceptors (Lipinski definition) is 2. The molecule has 0 aromatic heterocycles. The molecule has 2 heteroatoms. The van der Waals surface area contributed by atoms with Crippen LogP contribution in [-0.2, 0) is 5.41 Å². The second kappa shape index (κ2) is 6.53. The van der Waals surface area contributed by atoms with Gasteiger partial charge in [-0.15, -0.1) is 0 Å². The molecule has 1 saturated carbocycles. The van der Waals surface area contributed by atoms with E-state index >= 15 is 0 Å². The normalized spacial score (nSPS) is 18.5. The molecule has 2 rings (SSSR count). The van der Waals surface area contributed by atoms with E-state index in [4.69, 9.17) is 0 Å². The molecule has 1 fully saturated rings. The molecule has 1 aromatic carbocycles. The van der Waals surface area contributed by atoms with Crippen LogP contribution in [0.15, 0.2) is 30.3 Å². The summed E-state index contributed by atoms with van der Waals surface area (Å²) in [5.41, 5.74) is 1.10. The van der Waals surface area contributed by atoms with Crippen molar-refractivity contribution in [1.82, 2.24) is 4.90 Å². The van der Waals surface area contributed by atoms with Gasteiger partial charge in [0.05, 0.1) is 6.61 Å². The standard InChI is InChI=1S/C17H27NO/c1-3-11-18(12-15-9-10-15)13-17(2,14-19)16-7-5-4-6-8-16/h4-8,15,19H,3,9-14H2,1-2H3. The SMILES string of the molecule is CCCN(CC1CC1)CC(C)(CO)c1ccccc1. The van der Waals surface area contributed by atoms with E-state index in [1.54, 1.807) is 0 Å². The molecule has 0 spiro atoms. The van der Waals surface area contributed by atoms with E-state index in [9.17, 15) is 5.11 Å². The van der Waals surface area contributed by atoms with Gasteiger partial charge >= 0.3 is 0 Å². The van der Waals surface area contributed by atoms with Crippen LogP contribution in [0.2, 0.25) is 0 Å². The molecule has 1 aliphatic rings. The minimum absolute atomic E-state index is 0.147. The van der Waals surface area contributed by atoms with Gasteiger partial charge in [0.15, 0.2) is 0 Å². The Morgan fingerprint density at radius 1 is 1.26 bits per heavy atom. The van der Waals surface area contributed by atoms with Gasteiger partial charge in [0.25, 0.3) is 0 Å². The third kappa shape index (κ3) is 4.05. The molecule has 0 saturated heterocycles. The van der Waals surface area contributed by atoms with Crippen LogP contribution < -0.4 is 0 Å². The fourth-order valence-corrected chi connectivity index (χ4v) is 2.78. The minimum atomic E-state index is -0.147. The molecule has 1 N–H and O–H groups in total. The van der Waals surface area contributed by atoms with E-state index in [1.807, 2.05) is 6.07 Å². The third-order valence-electron chi connectivity index (χ3n) is 4.15. The van der Waals surface area contributed by atoms with Gasteiger partial charge in [-0.3, -0.25) is 0 Å². The Morgan fingerprint density at radius 3 is 2.47 bits per heavy atom. The summed E-state index contributed by atoms with van der Waals surface area (Å²) in [6.45, 7) is 7.92. The van der Waals surface area contributed by atoms with Gasteiger partial charge in [-0.2, -0.15) is 0 Å². The average Bonchev–Trinajstić information content (AvgIpc) is 3.24. The van der Waals surface area contributed by atoms with Crippen LogP contribution in [0.4, 0.5) is 0 Å². The van der Waals surface area contributed by atoms with Crippen molar-refractivity contribution in [1.29, 1.82) is 0 Å². The van der Waals surface area contributed by atoms with Crippen LogP contribution in [-0.4, -0.2) is 36.2 Å². The summed E-state index contributed by atoms with van der Waals surface area (Å²) in [6.07, 6.45) is 3.96. The van der Waals surface area contributed by atoms with E-state index in [0.717, 1.165) is 19.0 Å². The highest BCUT2D eigenvalue weighted by molar-refractivity contribution is 5.25. The predicted molar refractivity (Wildman–Crippen MR) is 80.3 cm³/mol. The molecule has 0 amide bonds. The summed E-state index contributed by atoms with van der Waals surface area (Å²) < 4.78 is 0. The first-order chi connectivity index (χ1) is 9.18. The van der Waals surface area contributed by atoms with Crippen LogP contribution in [0, 0.1) is 5.92 Å². The molecule has 1 unspecified atom stereocenters. The van der Waals surface area contributed by atoms with Crippen LogP contribution in [0.5, 0.6) is 0 Å². The zero-order valence-corrected chi connectivity index (χ0v) is 12.3. The number of aliphatic hydroxyl groups excluding tert-OH is 1. The van der Waals surface area contributed by atoms with Crippen molar-refractivity contribution in [2.45, 2.75) is 38.5 Å². The largest absolute Gasteiger partial charge is 0.395 e. The fraction of sp³-hybridized carbons (Fsp3) is 0.647. The Balaban J connectivity index is 2.06. The van der Waals surface area contributed by atoms with Gasteiger partial charge < -0.3 is 10.0 Å². The van der Waals surface area contributed by atoms with Gasteiger partial charge in [0.1, 0.15) is 0 Å². The van der Waals surface area contributed by atoms with Crippen LogP contribution in [0.1, 0.15) is 38.7 Å². The number of aliphatic hydroxyl groups is 1. The Kier molecular flexibility index (Phi) is 5.00. The Hall–Kier alpha value is -0.860. The van der Waals surface area contributed by atoms with Crippen molar-refractivity contribution in [3.8, 4) is 0 Å². The molecule has 0 bridgehead atoms. The Bertz CT molecular complexity index is 374. The van der Waals surface area contributed by atoms with E-state index in [0.29, 0.717) is 0 Å². The lowest BCUT2D eigenvalue weighted by molar-refractivity contribution is 0.140. The molecule has 0 radical (unpaired) electrons. The van der Waals surface area contributed by atoms with Crippen molar-refractivity contribution in [3.05, 3.63) is 35.9 Å². The van der Waals surface area contributed by atoms with Gasteiger partial charge in [0.2, 0.25) is 0 Å². The fourth-order valence-electron chi connectivity index (χ4n) is 2.78. The predicted octanol–water partition coefficient (Wildman–Crippen LogP) is 3.06. The van der Waals surface area contributed by atoms with Crippen molar-refractivity contribution in [2.24, 2.45) is 5.92 Å². The van der Waals surface area contributed by atoms with Crippen molar-refractivity contribution in [3.63, 3.8) is 0 Å². The molecule has 0 heterocycles. The van der Waals surface area contributed by atoms with Crippen molar-refractivity contribution < 1.29 is 5.11 Å². The molecule has 19 heavy (non-hydrogen) atoms. The maximum atomic E-state index is 9.88. The van der Waals surface area contributed by atoms with E-state index < -0.39 is 0 Å². The molecule has 106 valence electrons. The topological polar surface area (TPSA) is 23.5 Å². The van der Waals surface area contributed by atoms with Crippen LogP contribution >= 0.6 is 0 Å². The summed E-state index contributed by atoms with van der Waals surface area (Å²) >= 11 is 0. The second-order valence-corrected chi connectivity index (χ2v) is 6.26. The molecule has 2 nitrogen and oxygen atoms in total. The van der Waals surface area contributed by atoms with Crippen molar-refractivity contribution in [2.75, 3.05) is 26.2 Å². The summed E-state index contributed by atoms with van der Waals surface area (Å²) in [4.78, 5) is 2.54. The first-order valence-corrected chi connectivity index (χ1v) is 7.56. The van der Waals surface area contributed by atoms with Crippen LogP contribution in [0.3, 0.4) is 0 Å². The highest BCUT2D eigenvalue weighted by atomic mass is 16.3. The quantitative estimate of drug-likeness (QED) is 0.777. The summed E-state index contributed by atoms with van der Waals surface area (Å²) in [5, 5.41) is 9.88. The number of rotatable bonds is 8. The number of nitrogens with zero attached hydrogens (tertiary/aromatic N) is 1. The molecule has 1 aliphatic carbocycles. The first-order valence-electron chi connectivity index (χ1n) is 7.56. The Labute approximate surface area is 117 Å². The second-order valence-electron chi connectivity index (χ2n) is 6.26. The van der Waals surface area contributed by atoms with Gasteiger partial charge in [-0.25, -0.2) is 0 Å². The molecular formula is C17H27NO. The van der Waals surface area contributed by atoms with Gasteiger partial charge in [0, 0.05) is 18.5 Å². The zero-order chi connectivity index (χ0) is 13.7. The smallest absolute Gasteiger partial charge is 0.0537 e. The van der Waals surface area contributed by atoms with E-state index in [2.05, 4.69) is 43.0 Å². The highest BCUT2D eigenvalue weighted by Crippen LogP contribution is 2.31. The van der Waals surface area contributed by atoms with E-state index in [-0.39, 0.29) is 12.0 Å². The van der Waals surface area contributed by atoms with Crippen molar-refractivity contribution >= 4 is 0 Å². The molecular weight excluding hydrogens is 234 g/mol. The molecule has 1 aromatic rings. The maximum absolute atomic E-state index is 9.88. The summed E-state index contributed by atoms with van der Waals surface area (Å²) in [5.74, 6) is 0.908. The van der Waals surface area contributed by atoms with Gasteiger partial charge in [-0.05, 0) is 37.3 Å². The molecule has 0 aliphatic heterocycles. The summed E-state index contributed by atoms with van der Waals surface area (Å²) in [7, 11) is 0. The number of benzene rings is 1. The third-order valence-corrected chi connectivity index (χ3v) is 4.15. The highest BCUT2D eigenvalue weighted by Gasteiger charge is 2.31. The Morgan fingerprint density at radius 2 is 1.95 bits per heavy atom. The first kappa shape index (κ1) is 14.5.